The van der Waals surface area contributed by atoms with Crippen LogP contribution in [0, 0.1) is 5.92 Å². The maximum atomic E-state index is 5.42. The lowest BCUT2D eigenvalue weighted by Gasteiger charge is -2.25. The number of hydrogen-bond acceptors (Lipinski definition) is 3. The molecular formula is C12H24N2O. The SMILES string of the molecule is CNCC1CCCN1CCC1CCOC1. The van der Waals surface area contributed by atoms with Crippen molar-refractivity contribution < 1.29 is 4.74 Å². The molecule has 0 aromatic heterocycles. The zero-order valence-corrected chi connectivity index (χ0v) is 9.87. The molecule has 0 bridgehead atoms. The van der Waals surface area contributed by atoms with E-state index in [0.29, 0.717) is 0 Å². The molecule has 2 rings (SSSR count). The van der Waals surface area contributed by atoms with Crippen molar-refractivity contribution >= 4 is 0 Å². The van der Waals surface area contributed by atoms with E-state index < -0.39 is 0 Å². The van der Waals surface area contributed by atoms with Gasteiger partial charge in [-0.15, -0.1) is 0 Å². The molecule has 0 aliphatic carbocycles. The number of ether oxygens (including phenoxy) is 1. The van der Waals surface area contributed by atoms with Gasteiger partial charge in [0.15, 0.2) is 0 Å². The summed E-state index contributed by atoms with van der Waals surface area (Å²) >= 11 is 0. The van der Waals surface area contributed by atoms with Crippen LogP contribution in [0.2, 0.25) is 0 Å². The van der Waals surface area contributed by atoms with E-state index in [1.54, 1.807) is 0 Å². The lowest BCUT2D eigenvalue weighted by Crippen LogP contribution is -2.37. The topological polar surface area (TPSA) is 24.5 Å². The van der Waals surface area contributed by atoms with Crippen LogP contribution >= 0.6 is 0 Å². The molecule has 2 unspecified atom stereocenters. The van der Waals surface area contributed by atoms with Gasteiger partial charge in [-0.25, -0.2) is 0 Å². The van der Waals surface area contributed by atoms with Crippen LogP contribution in [0.4, 0.5) is 0 Å². The van der Waals surface area contributed by atoms with Gasteiger partial charge in [0, 0.05) is 25.8 Å². The third kappa shape index (κ3) is 3.16. The number of likely N-dealkylation sites (tertiary alicyclic amines) is 1. The summed E-state index contributed by atoms with van der Waals surface area (Å²) in [6.45, 7) is 5.73. The molecule has 2 heterocycles. The molecule has 3 heteroatoms. The van der Waals surface area contributed by atoms with Gasteiger partial charge in [-0.05, 0) is 51.7 Å². The average Bonchev–Trinajstić information content (AvgIpc) is 2.85. The minimum atomic E-state index is 0.789. The minimum absolute atomic E-state index is 0.789. The second-order valence-electron chi connectivity index (χ2n) is 4.91. The number of likely N-dealkylation sites (N-methyl/N-ethyl adjacent to an activating group) is 1. The van der Waals surface area contributed by atoms with Crippen molar-refractivity contribution in [2.24, 2.45) is 5.92 Å². The predicted molar refractivity (Wildman–Crippen MR) is 62.1 cm³/mol. The fourth-order valence-electron chi connectivity index (χ4n) is 2.82. The maximum absolute atomic E-state index is 5.42. The monoisotopic (exact) mass is 212 g/mol. The van der Waals surface area contributed by atoms with E-state index in [-0.39, 0.29) is 0 Å². The predicted octanol–water partition coefficient (Wildman–Crippen LogP) is 1.10. The Morgan fingerprint density at radius 1 is 1.40 bits per heavy atom. The quantitative estimate of drug-likeness (QED) is 0.738. The van der Waals surface area contributed by atoms with Gasteiger partial charge in [-0.2, -0.15) is 0 Å². The van der Waals surface area contributed by atoms with Crippen LogP contribution < -0.4 is 5.32 Å². The van der Waals surface area contributed by atoms with E-state index in [4.69, 9.17) is 4.74 Å². The summed E-state index contributed by atoms with van der Waals surface area (Å²) in [6.07, 6.45) is 5.38. The zero-order chi connectivity index (χ0) is 10.5. The van der Waals surface area contributed by atoms with Gasteiger partial charge in [0.25, 0.3) is 0 Å². The summed E-state index contributed by atoms with van der Waals surface area (Å²) in [6, 6.07) is 0.789. The van der Waals surface area contributed by atoms with E-state index in [1.807, 2.05) is 0 Å². The Balaban J connectivity index is 1.68. The van der Waals surface area contributed by atoms with Crippen molar-refractivity contribution in [3.63, 3.8) is 0 Å². The number of nitrogens with zero attached hydrogens (tertiary/aromatic N) is 1. The minimum Gasteiger partial charge on any atom is -0.381 e. The Hall–Kier alpha value is -0.120. The summed E-state index contributed by atoms with van der Waals surface area (Å²) in [4.78, 5) is 2.66. The summed E-state index contributed by atoms with van der Waals surface area (Å²) in [5.41, 5.74) is 0. The molecular weight excluding hydrogens is 188 g/mol. The van der Waals surface area contributed by atoms with Crippen molar-refractivity contribution in [1.82, 2.24) is 10.2 Å². The molecule has 2 saturated heterocycles. The molecule has 15 heavy (non-hydrogen) atoms. The molecule has 2 aliphatic rings. The first-order valence-electron chi connectivity index (χ1n) is 6.36. The fraction of sp³-hybridized carbons (Fsp3) is 1.00. The molecule has 3 nitrogen and oxygen atoms in total. The molecule has 0 amide bonds. The van der Waals surface area contributed by atoms with Gasteiger partial charge in [0.1, 0.15) is 0 Å². The lowest BCUT2D eigenvalue weighted by atomic mass is 10.0. The molecule has 2 fully saturated rings. The van der Waals surface area contributed by atoms with Crippen LogP contribution in [0.5, 0.6) is 0 Å². The van der Waals surface area contributed by atoms with Crippen LogP contribution in [0.3, 0.4) is 0 Å². The Morgan fingerprint density at radius 2 is 2.33 bits per heavy atom. The Morgan fingerprint density at radius 3 is 3.07 bits per heavy atom. The number of rotatable bonds is 5. The van der Waals surface area contributed by atoms with Crippen LogP contribution in [0.15, 0.2) is 0 Å². The van der Waals surface area contributed by atoms with Gasteiger partial charge >= 0.3 is 0 Å². The van der Waals surface area contributed by atoms with Crippen molar-refractivity contribution in [2.45, 2.75) is 31.7 Å². The first-order chi connectivity index (χ1) is 7.40. The smallest absolute Gasteiger partial charge is 0.0495 e. The molecule has 2 atom stereocenters. The van der Waals surface area contributed by atoms with Crippen LogP contribution in [-0.2, 0) is 4.74 Å². The maximum Gasteiger partial charge on any atom is 0.0495 e. The highest BCUT2D eigenvalue weighted by atomic mass is 16.5. The Kier molecular flexibility index (Phi) is 4.42. The Bertz CT molecular complexity index is 180. The molecule has 0 aromatic rings. The van der Waals surface area contributed by atoms with E-state index >= 15 is 0 Å². The van der Waals surface area contributed by atoms with Gasteiger partial charge in [-0.1, -0.05) is 0 Å². The van der Waals surface area contributed by atoms with Gasteiger partial charge in [0.2, 0.25) is 0 Å². The molecule has 0 saturated carbocycles. The largest absolute Gasteiger partial charge is 0.381 e. The van der Waals surface area contributed by atoms with Gasteiger partial charge < -0.3 is 10.1 Å². The van der Waals surface area contributed by atoms with E-state index in [9.17, 15) is 0 Å². The van der Waals surface area contributed by atoms with Crippen molar-refractivity contribution in [3.05, 3.63) is 0 Å². The second-order valence-corrected chi connectivity index (χ2v) is 4.91. The highest BCUT2D eigenvalue weighted by Gasteiger charge is 2.25. The van der Waals surface area contributed by atoms with E-state index in [1.165, 1.54) is 38.8 Å². The van der Waals surface area contributed by atoms with Crippen molar-refractivity contribution in [3.8, 4) is 0 Å². The zero-order valence-electron chi connectivity index (χ0n) is 9.87. The average molecular weight is 212 g/mol. The van der Waals surface area contributed by atoms with Crippen molar-refractivity contribution in [1.29, 1.82) is 0 Å². The highest BCUT2D eigenvalue weighted by molar-refractivity contribution is 4.81. The summed E-state index contributed by atoms with van der Waals surface area (Å²) in [5, 5.41) is 3.30. The van der Waals surface area contributed by atoms with Gasteiger partial charge in [-0.3, -0.25) is 4.90 Å². The lowest BCUT2D eigenvalue weighted by molar-refractivity contribution is 0.175. The molecule has 0 spiro atoms. The Labute approximate surface area is 93.2 Å². The van der Waals surface area contributed by atoms with Crippen LogP contribution in [0.1, 0.15) is 25.7 Å². The highest BCUT2D eigenvalue weighted by Crippen LogP contribution is 2.21. The summed E-state index contributed by atoms with van der Waals surface area (Å²) in [5.74, 6) is 0.834. The third-order valence-electron chi connectivity index (χ3n) is 3.79. The van der Waals surface area contributed by atoms with Gasteiger partial charge in [0.05, 0.1) is 0 Å². The first kappa shape index (κ1) is 11.4. The van der Waals surface area contributed by atoms with E-state index in [0.717, 1.165) is 31.7 Å². The standard InChI is InChI=1S/C12H24N2O/c1-13-9-12-3-2-6-14(12)7-4-11-5-8-15-10-11/h11-13H,2-10H2,1H3. The fourth-order valence-corrected chi connectivity index (χ4v) is 2.82. The molecule has 1 N–H and O–H groups in total. The normalized spacial score (nSPS) is 32.6. The number of nitrogens with one attached hydrogen (secondary N) is 1. The van der Waals surface area contributed by atoms with Crippen LogP contribution in [0.25, 0.3) is 0 Å². The number of hydrogen-bond donors (Lipinski definition) is 1. The molecule has 2 aliphatic heterocycles. The third-order valence-corrected chi connectivity index (χ3v) is 3.79. The summed E-state index contributed by atoms with van der Waals surface area (Å²) < 4.78 is 5.42. The molecule has 88 valence electrons. The second kappa shape index (κ2) is 5.83. The first-order valence-corrected chi connectivity index (χ1v) is 6.36. The molecule has 0 radical (unpaired) electrons. The van der Waals surface area contributed by atoms with Crippen LogP contribution in [-0.4, -0.2) is 50.8 Å². The summed E-state index contributed by atoms with van der Waals surface area (Å²) in [7, 11) is 2.06. The van der Waals surface area contributed by atoms with Crippen molar-refractivity contribution in [2.75, 3.05) is 39.9 Å². The molecule has 0 aromatic carbocycles. The van der Waals surface area contributed by atoms with E-state index in [2.05, 4.69) is 17.3 Å².